The summed E-state index contributed by atoms with van der Waals surface area (Å²) >= 11 is 0. The van der Waals surface area contributed by atoms with Crippen LogP contribution in [0.25, 0.3) is 6.08 Å². The lowest BCUT2D eigenvalue weighted by Crippen LogP contribution is -2.45. The SMILES string of the molecule is CN(C)c1ccc(/C=C/C(=O)NC(C)(C)CO)cc1. The Balaban J connectivity index is 2.64. The third kappa shape index (κ3) is 5.14. The van der Waals surface area contributed by atoms with Crippen molar-refractivity contribution in [1.29, 1.82) is 0 Å². The van der Waals surface area contributed by atoms with Crippen molar-refractivity contribution in [2.24, 2.45) is 0 Å². The largest absolute Gasteiger partial charge is 0.394 e. The van der Waals surface area contributed by atoms with E-state index in [2.05, 4.69) is 5.32 Å². The van der Waals surface area contributed by atoms with Gasteiger partial charge in [-0.2, -0.15) is 0 Å². The highest BCUT2D eigenvalue weighted by Crippen LogP contribution is 2.13. The number of nitrogens with one attached hydrogen (secondary N) is 1. The fourth-order valence-electron chi connectivity index (χ4n) is 1.47. The summed E-state index contributed by atoms with van der Waals surface area (Å²) < 4.78 is 0. The van der Waals surface area contributed by atoms with Crippen LogP contribution in [0.1, 0.15) is 19.4 Å². The van der Waals surface area contributed by atoms with E-state index in [0.717, 1.165) is 11.3 Å². The van der Waals surface area contributed by atoms with Crippen LogP contribution in [0.4, 0.5) is 5.69 Å². The van der Waals surface area contributed by atoms with Crippen LogP contribution in [0.15, 0.2) is 30.3 Å². The number of aliphatic hydroxyl groups excluding tert-OH is 1. The van der Waals surface area contributed by atoms with Gasteiger partial charge in [0, 0.05) is 25.9 Å². The highest BCUT2D eigenvalue weighted by molar-refractivity contribution is 5.92. The van der Waals surface area contributed by atoms with E-state index in [1.165, 1.54) is 6.08 Å². The van der Waals surface area contributed by atoms with Crippen LogP contribution in [0.2, 0.25) is 0 Å². The molecule has 0 bridgehead atoms. The molecule has 1 aromatic rings. The third-order valence-electron chi connectivity index (χ3n) is 2.69. The molecule has 0 heterocycles. The van der Waals surface area contributed by atoms with Crippen molar-refractivity contribution in [3.8, 4) is 0 Å². The number of rotatable bonds is 5. The van der Waals surface area contributed by atoms with Crippen molar-refractivity contribution < 1.29 is 9.90 Å². The minimum Gasteiger partial charge on any atom is -0.394 e. The molecule has 1 aromatic carbocycles. The molecule has 2 N–H and O–H groups in total. The predicted molar refractivity (Wildman–Crippen MR) is 79.1 cm³/mol. The van der Waals surface area contributed by atoms with Crippen LogP contribution >= 0.6 is 0 Å². The van der Waals surface area contributed by atoms with Crippen LogP contribution < -0.4 is 10.2 Å². The summed E-state index contributed by atoms with van der Waals surface area (Å²) in [5.74, 6) is -0.212. The number of hydrogen-bond acceptors (Lipinski definition) is 3. The molecule has 0 radical (unpaired) electrons. The lowest BCUT2D eigenvalue weighted by Gasteiger charge is -2.22. The molecule has 0 aliphatic rings. The molecule has 0 spiro atoms. The van der Waals surface area contributed by atoms with E-state index in [-0.39, 0.29) is 12.5 Å². The number of nitrogens with zero attached hydrogens (tertiary/aromatic N) is 1. The van der Waals surface area contributed by atoms with E-state index in [1.54, 1.807) is 19.9 Å². The van der Waals surface area contributed by atoms with Gasteiger partial charge in [0.05, 0.1) is 12.1 Å². The van der Waals surface area contributed by atoms with Gasteiger partial charge in [-0.3, -0.25) is 4.79 Å². The van der Waals surface area contributed by atoms with Crippen LogP contribution in [0, 0.1) is 0 Å². The lowest BCUT2D eigenvalue weighted by atomic mass is 10.1. The summed E-state index contributed by atoms with van der Waals surface area (Å²) in [5, 5.41) is 11.8. The standard InChI is InChI=1S/C15H22N2O2/c1-15(2,11-18)16-14(19)10-7-12-5-8-13(9-6-12)17(3)4/h5-10,18H,11H2,1-4H3,(H,16,19)/b10-7+. The van der Waals surface area contributed by atoms with Crippen LogP contribution in [0.5, 0.6) is 0 Å². The Morgan fingerprint density at radius 3 is 2.37 bits per heavy atom. The first-order valence-corrected chi connectivity index (χ1v) is 6.22. The maximum absolute atomic E-state index is 11.6. The van der Waals surface area contributed by atoms with Gasteiger partial charge in [0.1, 0.15) is 0 Å². The molecule has 0 aliphatic heterocycles. The van der Waals surface area contributed by atoms with E-state index in [9.17, 15) is 4.79 Å². The Bertz CT molecular complexity index is 448. The maximum atomic E-state index is 11.6. The second-order valence-electron chi connectivity index (χ2n) is 5.35. The Labute approximate surface area is 114 Å². The topological polar surface area (TPSA) is 52.6 Å². The lowest BCUT2D eigenvalue weighted by molar-refractivity contribution is -0.118. The first-order valence-electron chi connectivity index (χ1n) is 6.22. The molecule has 0 atom stereocenters. The molecule has 0 aliphatic carbocycles. The summed E-state index contributed by atoms with van der Waals surface area (Å²) in [6.45, 7) is 3.44. The minimum atomic E-state index is -0.601. The van der Waals surface area contributed by atoms with E-state index in [1.807, 2.05) is 43.3 Å². The fraction of sp³-hybridized carbons (Fsp3) is 0.400. The van der Waals surface area contributed by atoms with E-state index < -0.39 is 5.54 Å². The number of benzene rings is 1. The molecule has 0 fully saturated rings. The third-order valence-corrected chi connectivity index (χ3v) is 2.69. The van der Waals surface area contributed by atoms with E-state index in [4.69, 9.17) is 5.11 Å². The summed E-state index contributed by atoms with van der Waals surface area (Å²) in [6, 6.07) is 7.90. The summed E-state index contributed by atoms with van der Waals surface area (Å²) in [6.07, 6.45) is 3.23. The normalized spacial score (nSPS) is 11.6. The molecule has 1 rings (SSSR count). The molecule has 0 unspecified atom stereocenters. The number of hydrogen-bond donors (Lipinski definition) is 2. The monoisotopic (exact) mass is 262 g/mol. The van der Waals surface area contributed by atoms with Gasteiger partial charge >= 0.3 is 0 Å². The van der Waals surface area contributed by atoms with E-state index >= 15 is 0 Å². The Morgan fingerprint density at radius 1 is 1.32 bits per heavy atom. The number of carbonyl (C=O) groups is 1. The van der Waals surface area contributed by atoms with Gasteiger partial charge in [0.15, 0.2) is 0 Å². The maximum Gasteiger partial charge on any atom is 0.244 e. The summed E-state index contributed by atoms with van der Waals surface area (Å²) in [7, 11) is 3.96. The Kier molecular flexibility index (Phi) is 5.12. The molecule has 0 saturated heterocycles. The second-order valence-corrected chi connectivity index (χ2v) is 5.35. The zero-order chi connectivity index (χ0) is 14.5. The van der Waals surface area contributed by atoms with Crippen LogP contribution in [0.3, 0.4) is 0 Å². The number of carbonyl (C=O) groups excluding carboxylic acids is 1. The molecule has 19 heavy (non-hydrogen) atoms. The van der Waals surface area contributed by atoms with Gasteiger partial charge in [0.25, 0.3) is 0 Å². The average Bonchev–Trinajstić information content (AvgIpc) is 2.36. The highest BCUT2D eigenvalue weighted by atomic mass is 16.3. The first kappa shape index (κ1) is 15.2. The smallest absolute Gasteiger partial charge is 0.244 e. The molecule has 4 heteroatoms. The summed E-state index contributed by atoms with van der Waals surface area (Å²) in [4.78, 5) is 13.7. The molecule has 0 saturated carbocycles. The van der Waals surface area contributed by atoms with E-state index in [0.29, 0.717) is 0 Å². The van der Waals surface area contributed by atoms with Gasteiger partial charge in [-0.1, -0.05) is 12.1 Å². The average molecular weight is 262 g/mol. The zero-order valence-corrected chi connectivity index (χ0v) is 12.0. The van der Waals surface area contributed by atoms with Crippen molar-refractivity contribution in [3.05, 3.63) is 35.9 Å². The molecule has 4 nitrogen and oxygen atoms in total. The van der Waals surface area contributed by atoms with Crippen molar-refractivity contribution >= 4 is 17.7 Å². The predicted octanol–water partition coefficient (Wildman–Crippen LogP) is 1.65. The number of amides is 1. The number of anilines is 1. The Morgan fingerprint density at radius 2 is 1.89 bits per heavy atom. The van der Waals surface area contributed by atoms with Gasteiger partial charge < -0.3 is 15.3 Å². The molecule has 104 valence electrons. The summed E-state index contributed by atoms with van der Waals surface area (Å²) in [5.41, 5.74) is 1.47. The quantitative estimate of drug-likeness (QED) is 0.793. The minimum absolute atomic E-state index is 0.0931. The fourth-order valence-corrected chi connectivity index (χ4v) is 1.47. The molecular weight excluding hydrogens is 240 g/mol. The van der Waals surface area contributed by atoms with Gasteiger partial charge in [-0.25, -0.2) is 0 Å². The van der Waals surface area contributed by atoms with Crippen molar-refractivity contribution in [1.82, 2.24) is 5.32 Å². The van der Waals surface area contributed by atoms with Crippen molar-refractivity contribution in [2.75, 3.05) is 25.6 Å². The van der Waals surface area contributed by atoms with Gasteiger partial charge in [0.2, 0.25) is 5.91 Å². The van der Waals surface area contributed by atoms with Gasteiger partial charge in [-0.15, -0.1) is 0 Å². The first-order chi connectivity index (χ1) is 8.84. The van der Waals surface area contributed by atoms with Crippen LogP contribution in [-0.2, 0) is 4.79 Å². The van der Waals surface area contributed by atoms with Crippen LogP contribution in [-0.4, -0.2) is 37.3 Å². The van der Waals surface area contributed by atoms with Gasteiger partial charge in [-0.05, 0) is 37.6 Å². The molecule has 0 aromatic heterocycles. The number of aliphatic hydroxyl groups is 1. The van der Waals surface area contributed by atoms with Crippen molar-refractivity contribution in [3.63, 3.8) is 0 Å². The molecular formula is C15H22N2O2. The van der Waals surface area contributed by atoms with Crippen molar-refractivity contribution in [2.45, 2.75) is 19.4 Å². The second kappa shape index (κ2) is 6.38. The zero-order valence-electron chi connectivity index (χ0n) is 12.0. The Hall–Kier alpha value is -1.81. The molecule has 1 amide bonds. The highest BCUT2D eigenvalue weighted by Gasteiger charge is 2.17.